The number of H-pyrrole nitrogens is 1. The van der Waals surface area contributed by atoms with Gasteiger partial charge in [0.2, 0.25) is 0 Å². The number of para-hydroxylation sites is 2. The van der Waals surface area contributed by atoms with Crippen LogP contribution in [0.15, 0.2) is 77.8 Å². The van der Waals surface area contributed by atoms with E-state index >= 15 is 0 Å². The number of fused-ring (bicyclic) bond motifs is 4. The molecule has 0 amide bonds. The third-order valence-electron chi connectivity index (χ3n) is 5.09. The molecule has 132 valence electrons. The van der Waals surface area contributed by atoms with Gasteiger partial charge in [-0.1, -0.05) is 36.4 Å². The first kappa shape index (κ1) is 15.7. The van der Waals surface area contributed by atoms with Crippen molar-refractivity contribution < 1.29 is 4.74 Å². The minimum atomic E-state index is 0.829. The molecule has 5 rings (SSSR count). The fourth-order valence-electron chi connectivity index (χ4n) is 3.74. The second-order valence-corrected chi connectivity index (χ2v) is 6.63. The first-order chi connectivity index (χ1) is 13.3. The van der Waals surface area contributed by atoms with Crippen molar-refractivity contribution in [3.8, 4) is 5.75 Å². The minimum Gasteiger partial charge on any atom is -0.497 e. The Kier molecular flexibility index (Phi) is 3.50. The SMILES string of the molecule is COc1ccc(N=c2c3ccccc3n(C)c3[nH]c4ccccc4c23)cc1. The van der Waals surface area contributed by atoms with Crippen molar-refractivity contribution in [2.45, 2.75) is 0 Å². The Bertz CT molecular complexity index is 1360. The Morgan fingerprint density at radius 2 is 1.56 bits per heavy atom. The molecule has 0 atom stereocenters. The van der Waals surface area contributed by atoms with Crippen LogP contribution in [-0.2, 0) is 7.05 Å². The van der Waals surface area contributed by atoms with Crippen LogP contribution in [0.5, 0.6) is 5.75 Å². The van der Waals surface area contributed by atoms with Crippen LogP contribution in [0.4, 0.5) is 5.69 Å². The fourth-order valence-corrected chi connectivity index (χ4v) is 3.74. The molecule has 3 aromatic carbocycles. The molecule has 2 heterocycles. The van der Waals surface area contributed by atoms with Crippen LogP contribution in [0.25, 0.3) is 32.8 Å². The van der Waals surface area contributed by atoms with Gasteiger partial charge in [0, 0.05) is 23.3 Å². The van der Waals surface area contributed by atoms with Gasteiger partial charge in [0.25, 0.3) is 0 Å². The van der Waals surface area contributed by atoms with Crippen LogP contribution < -0.4 is 10.1 Å². The molecule has 4 nitrogen and oxygen atoms in total. The maximum atomic E-state index is 5.27. The lowest BCUT2D eigenvalue weighted by Crippen LogP contribution is -2.10. The predicted molar refractivity (Wildman–Crippen MR) is 110 cm³/mol. The summed E-state index contributed by atoms with van der Waals surface area (Å²) in [4.78, 5) is 8.61. The molecule has 5 aromatic rings. The molecule has 0 saturated carbocycles. The van der Waals surface area contributed by atoms with Crippen LogP contribution in [0.2, 0.25) is 0 Å². The van der Waals surface area contributed by atoms with Gasteiger partial charge in [-0.05, 0) is 36.4 Å². The summed E-state index contributed by atoms with van der Waals surface area (Å²) in [5.41, 5.74) is 4.23. The van der Waals surface area contributed by atoms with Crippen LogP contribution in [0.3, 0.4) is 0 Å². The molecule has 0 fully saturated rings. The molecule has 1 N–H and O–H groups in total. The largest absolute Gasteiger partial charge is 0.497 e. The number of hydrogen-bond donors (Lipinski definition) is 1. The molecular weight excluding hydrogens is 334 g/mol. The topological polar surface area (TPSA) is 42.3 Å². The lowest BCUT2D eigenvalue weighted by Gasteiger charge is -2.09. The summed E-state index contributed by atoms with van der Waals surface area (Å²) in [6.45, 7) is 0. The number of pyridine rings is 1. The number of aromatic amines is 1. The molecule has 0 aliphatic carbocycles. The van der Waals surface area contributed by atoms with Gasteiger partial charge >= 0.3 is 0 Å². The monoisotopic (exact) mass is 353 g/mol. The van der Waals surface area contributed by atoms with Crippen molar-refractivity contribution in [3.05, 3.63) is 78.2 Å². The summed E-state index contributed by atoms with van der Waals surface area (Å²) in [7, 11) is 3.77. The van der Waals surface area contributed by atoms with Crippen LogP contribution in [-0.4, -0.2) is 16.7 Å². The van der Waals surface area contributed by atoms with Gasteiger partial charge < -0.3 is 14.3 Å². The van der Waals surface area contributed by atoms with E-state index in [1.807, 2.05) is 24.3 Å². The highest BCUT2D eigenvalue weighted by Gasteiger charge is 2.12. The van der Waals surface area contributed by atoms with Crippen molar-refractivity contribution in [1.82, 2.24) is 9.55 Å². The summed E-state index contributed by atoms with van der Waals surface area (Å²) in [6, 6.07) is 24.6. The highest BCUT2D eigenvalue weighted by Crippen LogP contribution is 2.26. The van der Waals surface area contributed by atoms with Gasteiger partial charge in [-0.3, -0.25) is 0 Å². The Balaban J connectivity index is 1.98. The predicted octanol–water partition coefficient (Wildman–Crippen LogP) is 5.05. The Morgan fingerprint density at radius 1 is 0.852 bits per heavy atom. The Morgan fingerprint density at radius 3 is 2.33 bits per heavy atom. The van der Waals surface area contributed by atoms with Gasteiger partial charge in [-0.2, -0.15) is 0 Å². The lowest BCUT2D eigenvalue weighted by molar-refractivity contribution is 0.415. The summed E-state index contributed by atoms with van der Waals surface area (Å²) >= 11 is 0. The summed E-state index contributed by atoms with van der Waals surface area (Å²) < 4.78 is 7.48. The summed E-state index contributed by atoms with van der Waals surface area (Å²) in [6.07, 6.45) is 0. The number of aromatic nitrogens is 2. The lowest BCUT2D eigenvalue weighted by atomic mass is 10.1. The molecule has 0 bridgehead atoms. The molecule has 0 aliphatic heterocycles. The zero-order valence-corrected chi connectivity index (χ0v) is 15.2. The molecular formula is C23H19N3O. The smallest absolute Gasteiger partial charge is 0.120 e. The van der Waals surface area contributed by atoms with E-state index in [-0.39, 0.29) is 0 Å². The van der Waals surface area contributed by atoms with Crippen molar-refractivity contribution in [2.75, 3.05) is 7.11 Å². The van der Waals surface area contributed by atoms with Crippen LogP contribution in [0.1, 0.15) is 0 Å². The van der Waals surface area contributed by atoms with Crippen molar-refractivity contribution in [2.24, 2.45) is 12.0 Å². The molecule has 4 heteroatoms. The van der Waals surface area contributed by atoms with E-state index in [2.05, 4.69) is 65.1 Å². The zero-order valence-electron chi connectivity index (χ0n) is 15.2. The number of methoxy groups -OCH3 is 1. The van der Waals surface area contributed by atoms with Crippen molar-refractivity contribution in [3.63, 3.8) is 0 Å². The molecule has 0 radical (unpaired) electrons. The highest BCUT2D eigenvalue weighted by atomic mass is 16.5. The van der Waals surface area contributed by atoms with E-state index in [9.17, 15) is 0 Å². The van der Waals surface area contributed by atoms with E-state index in [0.717, 1.165) is 44.2 Å². The Labute approximate surface area is 156 Å². The molecule has 0 unspecified atom stereocenters. The van der Waals surface area contributed by atoms with Crippen molar-refractivity contribution in [1.29, 1.82) is 0 Å². The first-order valence-corrected chi connectivity index (χ1v) is 8.93. The molecule has 27 heavy (non-hydrogen) atoms. The number of hydrogen-bond acceptors (Lipinski definition) is 2. The average molecular weight is 353 g/mol. The van der Waals surface area contributed by atoms with E-state index in [4.69, 9.17) is 9.73 Å². The number of ether oxygens (including phenoxy) is 1. The van der Waals surface area contributed by atoms with Gasteiger partial charge in [-0.15, -0.1) is 0 Å². The molecule has 0 aliphatic rings. The van der Waals surface area contributed by atoms with Gasteiger partial charge in [0.15, 0.2) is 0 Å². The number of benzene rings is 3. The average Bonchev–Trinajstić information content (AvgIpc) is 3.11. The molecule has 2 aromatic heterocycles. The second kappa shape index (κ2) is 6.02. The van der Waals surface area contributed by atoms with E-state index < -0.39 is 0 Å². The molecule has 0 saturated heterocycles. The third kappa shape index (κ3) is 2.41. The first-order valence-electron chi connectivity index (χ1n) is 8.93. The second-order valence-electron chi connectivity index (χ2n) is 6.63. The van der Waals surface area contributed by atoms with E-state index in [1.165, 1.54) is 5.39 Å². The Hall–Kier alpha value is -3.53. The number of nitrogens with zero attached hydrogens (tertiary/aromatic N) is 2. The van der Waals surface area contributed by atoms with Gasteiger partial charge in [-0.25, -0.2) is 4.99 Å². The van der Waals surface area contributed by atoms with E-state index in [1.54, 1.807) is 7.11 Å². The fraction of sp³-hybridized carbons (Fsp3) is 0.0870. The quantitative estimate of drug-likeness (QED) is 0.474. The summed E-state index contributed by atoms with van der Waals surface area (Å²) in [5, 5.41) is 4.44. The number of rotatable bonds is 2. The highest BCUT2D eigenvalue weighted by molar-refractivity contribution is 6.09. The van der Waals surface area contributed by atoms with Crippen molar-refractivity contribution >= 4 is 38.5 Å². The third-order valence-corrected chi connectivity index (χ3v) is 5.09. The normalized spacial score (nSPS) is 12.3. The van der Waals surface area contributed by atoms with Crippen LogP contribution >= 0.6 is 0 Å². The minimum absolute atomic E-state index is 0.829. The maximum absolute atomic E-state index is 5.27. The summed E-state index contributed by atoms with van der Waals surface area (Å²) in [5.74, 6) is 0.829. The van der Waals surface area contributed by atoms with Crippen LogP contribution in [0, 0.1) is 0 Å². The maximum Gasteiger partial charge on any atom is 0.120 e. The number of nitrogens with one attached hydrogen (secondary N) is 1. The van der Waals surface area contributed by atoms with Gasteiger partial charge in [0.05, 0.1) is 29.1 Å². The molecule has 0 spiro atoms. The zero-order chi connectivity index (χ0) is 18.4. The van der Waals surface area contributed by atoms with E-state index in [0.29, 0.717) is 0 Å². The van der Waals surface area contributed by atoms with Gasteiger partial charge in [0.1, 0.15) is 11.4 Å². The standard InChI is InChI=1S/C23H19N3O/c1-26-20-10-6-4-8-18(20)22(24-15-11-13-16(27-2)14-12-15)21-17-7-3-5-9-19(17)25-23(21)26/h3-14,25H,1-2H3. The number of aryl methyl sites for hydroxylation is 1.